The molecule has 0 saturated carbocycles. The first-order valence-electron chi connectivity index (χ1n) is 12.1. The molecule has 1 saturated heterocycles. The number of hydrogen-bond acceptors (Lipinski definition) is 7. The zero-order valence-corrected chi connectivity index (χ0v) is 21.1. The monoisotopic (exact) mass is 502 g/mol. The summed E-state index contributed by atoms with van der Waals surface area (Å²) < 4.78 is 16.6. The molecule has 0 bridgehead atoms. The largest absolute Gasteiger partial charge is 0.507 e. The van der Waals surface area contributed by atoms with Crippen LogP contribution >= 0.6 is 0 Å². The van der Waals surface area contributed by atoms with Gasteiger partial charge in [-0.15, -0.1) is 0 Å². The number of pyridine rings is 1. The number of methoxy groups -OCH3 is 2. The number of carbonyl (C=O) groups is 2. The predicted molar refractivity (Wildman–Crippen MR) is 138 cm³/mol. The molecule has 1 fully saturated rings. The van der Waals surface area contributed by atoms with Gasteiger partial charge in [0.15, 0.2) is 0 Å². The third kappa shape index (κ3) is 5.43. The summed E-state index contributed by atoms with van der Waals surface area (Å²) in [5.74, 6) is -0.109. The Morgan fingerprint density at radius 3 is 2.43 bits per heavy atom. The lowest BCUT2D eigenvalue weighted by molar-refractivity contribution is -0.140. The lowest BCUT2D eigenvalue weighted by Crippen LogP contribution is -2.29. The Balaban J connectivity index is 1.80. The van der Waals surface area contributed by atoms with Crippen LogP contribution in [0.15, 0.2) is 72.6 Å². The van der Waals surface area contributed by atoms with E-state index in [1.165, 1.54) is 12.0 Å². The summed E-state index contributed by atoms with van der Waals surface area (Å²) in [5, 5.41) is 11.4. The van der Waals surface area contributed by atoms with Crippen molar-refractivity contribution in [2.75, 3.05) is 20.8 Å². The molecule has 0 radical (unpaired) electrons. The Morgan fingerprint density at radius 1 is 1.03 bits per heavy atom. The van der Waals surface area contributed by atoms with Gasteiger partial charge in [0.2, 0.25) is 0 Å². The van der Waals surface area contributed by atoms with E-state index in [1.807, 2.05) is 6.07 Å². The molecule has 1 aliphatic heterocycles. The molecule has 1 N–H and O–H groups in total. The van der Waals surface area contributed by atoms with Crippen LogP contribution in [0.5, 0.6) is 17.2 Å². The average Bonchev–Trinajstić information content (AvgIpc) is 3.18. The van der Waals surface area contributed by atoms with Crippen molar-refractivity contribution in [3.05, 3.63) is 89.3 Å². The summed E-state index contributed by atoms with van der Waals surface area (Å²) in [4.78, 5) is 32.2. The summed E-state index contributed by atoms with van der Waals surface area (Å²) in [5.41, 5.74) is 1.68. The highest BCUT2D eigenvalue weighted by molar-refractivity contribution is 6.46. The molecule has 3 aromatic rings. The van der Waals surface area contributed by atoms with Gasteiger partial charge in [0, 0.05) is 36.1 Å². The standard InChI is InChI=1S/C29H30N2O6/c1-4-5-15-37-21-10-8-20(9-11-21)27(32)25-26(23-13-12-22(35-2)16-24(23)36-3)31(29(34)28(25)33)18-19-7-6-14-30-17-19/h6-14,16-17,26,32H,4-5,15,18H2,1-3H3/t26-/m0/s1. The van der Waals surface area contributed by atoms with Crippen LogP contribution < -0.4 is 14.2 Å². The van der Waals surface area contributed by atoms with Crippen LogP contribution in [-0.2, 0) is 16.1 Å². The van der Waals surface area contributed by atoms with E-state index in [0.29, 0.717) is 35.0 Å². The van der Waals surface area contributed by atoms with Crippen LogP contribution in [0.4, 0.5) is 0 Å². The second kappa shape index (κ2) is 11.6. The molecular formula is C29H30N2O6. The van der Waals surface area contributed by atoms with E-state index >= 15 is 0 Å². The van der Waals surface area contributed by atoms with E-state index in [-0.39, 0.29) is 17.9 Å². The molecule has 1 aromatic heterocycles. The number of aliphatic hydroxyl groups is 1. The van der Waals surface area contributed by atoms with Crippen LogP contribution in [0.25, 0.3) is 5.76 Å². The smallest absolute Gasteiger partial charge is 0.295 e. The second-order valence-corrected chi connectivity index (χ2v) is 8.62. The van der Waals surface area contributed by atoms with Crippen molar-refractivity contribution in [3.63, 3.8) is 0 Å². The number of aromatic nitrogens is 1. The average molecular weight is 503 g/mol. The number of likely N-dealkylation sites (tertiary alicyclic amines) is 1. The van der Waals surface area contributed by atoms with Crippen molar-refractivity contribution >= 4 is 17.4 Å². The summed E-state index contributed by atoms with van der Waals surface area (Å²) in [6.07, 6.45) is 5.23. The minimum absolute atomic E-state index is 0.0167. The van der Waals surface area contributed by atoms with Crippen LogP contribution in [0.2, 0.25) is 0 Å². The Morgan fingerprint density at radius 2 is 1.78 bits per heavy atom. The number of Topliss-reactive ketones (excluding diaryl/α,β-unsaturated/α-hetero) is 1. The summed E-state index contributed by atoms with van der Waals surface area (Å²) in [7, 11) is 3.04. The molecule has 1 aliphatic rings. The van der Waals surface area contributed by atoms with Gasteiger partial charge in [-0.2, -0.15) is 0 Å². The highest BCUT2D eigenvalue weighted by Gasteiger charge is 2.47. The number of aliphatic hydroxyl groups excluding tert-OH is 1. The Bertz CT molecular complexity index is 1290. The van der Waals surface area contributed by atoms with Gasteiger partial charge < -0.3 is 24.2 Å². The number of unbranched alkanes of at least 4 members (excludes halogenated alkanes) is 1. The molecule has 0 unspecified atom stereocenters. The van der Waals surface area contributed by atoms with Gasteiger partial charge in [-0.3, -0.25) is 14.6 Å². The lowest BCUT2D eigenvalue weighted by atomic mass is 9.94. The zero-order chi connectivity index (χ0) is 26.4. The number of hydrogen-bond donors (Lipinski definition) is 1. The normalized spacial score (nSPS) is 16.6. The second-order valence-electron chi connectivity index (χ2n) is 8.62. The van der Waals surface area contributed by atoms with Crippen molar-refractivity contribution in [3.8, 4) is 17.2 Å². The van der Waals surface area contributed by atoms with Gasteiger partial charge >= 0.3 is 0 Å². The maximum absolute atomic E-state index is 13.4. The highest BCUT2D eigenvalue weighted by atomic mass is 16.5. The number of ether oxygens (including phenoxy) is 3. The van der Waals surface area contributed by atoms with Gasteiger partial charge in [-0.25, -0.2) is 0 Å². The Hall–Kier alpha value is -4.33. The van der Waals surface area contributed by atoms with Crippen LogP contribution in [0.1, 0.15) is 42.5 Å². The first-order chi connectivity index (χ1) is 18.0. The number of nitrogens with zero attached hydrogens (tertiary/aromatic N) is 2. The number of ketones is 1. The van der Waals surface area contributed by atoms with Crippen LogP contribution in [0, 0.1) is 0 Å². The molecule has 1 atom stereocenters. The summed E-state index contributed by atoms with van der Waals surface area (Å²) in [6.45, 7) is 2.81. The zero-order valence-electron chi connectivity index (χ0n) is 21.1. The fourth-order valence-corrected chi connectivity index (χ4v) is 4.30. The maximum atomic E-state index is 13.4. The van der Waals surface area contributed by atoms with Crippen LogP contribution in [0.3, 0.4) is 0 Å². The first-order valence-corrected chi connectivity index (χ1v) is 12.1. The Kier molecular flexibility index (Phi) is 8.08. The molecule has 0 spiro atoms. The van der Waals surface area contributed by atoms with Gasteiger partial charge in [-0.05, 0) is 54.4 Å². The van der Waals surface area contributed by atoms with Gasteiger partial charge in [0.25, 0.3) is 11.7 Å². The third-order valence-corrected chi connectivity index (χ3v) is 6.25. The first kappa shape index (κ1) is 25.8. The third-order valence-electron chi connectivity index (χ3n) is 6.25. The van der Waals surface area contributed by atoms with E-state index in [9.17, 15) is 14.7 Å². The molecule has 2 heterocycles. The van der Waals surface area contributed by atoms with Gasteiger partial charge in [-0.1, -0.05) is 19.4 Å². The molecule has 8 heteroatoms. The molecule has 192 valence electrons. The minimum atomic E-state index is -0.887. The van der Waals surface area contributed by atoms with Crippen molar-refractivity contribution in [1.82, 2.24) is 9.88 Å². The summed E-state index contributed by atoms with van der Waals surface area (Å²) >= 11 is 0. The summed E-state index contributed by atoms with van der Waals surface area (Å²) in [6, 6.07) is 14.7. The van der Waals surface area contributed by atoms with Gasteiger partial charge in [0.05, 0.1) is 32.4 Å². The van der Waals surface area contributed by atoms with Crippen molar-refractivity contribution in [2.45, 2.75) is 32.4 Å². The van der Waals surface area contributed by atoms with E-state index in [4.69, 9.17) is 14.2 Å². The van der Waals surface area contributed by atoms with E-state index in [2.05, 4.69) is 11.9 Å². The number of rotatable bonds is 10. The minimum Gasteiger partial charge on any atom is -0.507 e. The SMILES string of the molecule is CCCCOc1ccc(C(O)=C2C(=O)C(=O)N(Cc3cccnc3)[C@H]2c2ccc(OC)cc2OC)cc1. The van der Waals surface area contributed by atoms with E-state index in [0.717, 1.165) is 18.4 Å². The van der Waals surface area contributed by atoms with E-state index < -0.39 is 17.7 Å². The van der Waals surface area contributed by atoms with Crippen molar-refractivity contribution in [2.24, 2.45) is 0 Å². The van der Waals surface area contributed by atoms with Gasteiger partial charge in [0.1, 0.15) is 23.0 Å². The van der Waals surface area contributed by atoms with Crippen molar-refractivity contribution < 1.29 is 28.9 Å². The predicted octanol–water partition coefficient (Wildman–Crippen LogP) is 4.90. The molecule has 2 aromatic carbocycles. The van der Waals surface area contributed by atoms with Crippen LogP contribution in [-0.4, -0.2) is 47.5 Å². The number of benzene rings is 2. The van der Waals surface area contributed by atoms with Crippen molar-refractivity contribution in [1.29, 1.82) is 0 Å². The molecule has 8 nitrogen and oxygen atoms in total. The molecular weight excluding hydrogens is 472 g/mol. The molecule has 4 rings (SSSR count). The maximum Gasteiger partial charge on any atom is 0.295 e. The fraction of sp³-hybridized carbons (Fsp3) is 0.276. The molecule has 1 amide bonds. The molecule has 37 heavy (non-hydrogen) atoms. The van der Waals surface area contributed by atoms with E-state index in [1.54, 1.807) is 68.0 Å². The fourth-order valence-electron chi connectivity index (χ4n) is 4.30. The topological polar surface area (TPSA) is 98.2 Å². The Labute approximate surface area is 216 Å². The lowest BCUT2D eigenvalue weighted by Gasteiger charge is -2.26. The highest BCUT2D eigenvalue weighted by Crippen LogP contribution is 2.44. The molecule has 0 aliphatic carbocycles. The number of carbonyl (C=O) groups excluding carboxylic acids is 2. The number of amides is 1. The quantitative estimate of drug-likeness (QED) is 0.182.